The molecular formula is C28H17N3O2. The maximum Gasteiger partial charge on any atom is 0.195 e. The van der Waals surface area contributed by atoms with Crippen LogP contribution in [0.1, 0.15) is 31.8 Å². The molecule has 0 amide bonds. The van der Waals surface area contributed by atoms with Crippen molar-refractivity contribution < 1.29 is 9.59 Å². The van der Waals surface area contributed by atoms with Crippen LogP contribution in [0.5, 0.6) is 0 Å². The SMILES string of the molecule is Nc1ccccc1C(=O)c1ccc2nc(-c3ccccc3)nc3c2c1C(=O)c1ccccc1-3. The fourth-order valence-electron chi connectivity index (χ4n) is 4.43. The highest BCUT2D eigenvalue weighted by atomic mass is 16.1. The largest absolute Gasteiger partial charge is 0.398 e. The average molecular weight is 427 g/mol. The molecule has 33 heavy (non-hydrogen) atoms. The molecule has 0 saturated heterocycles. The molecule has 5 aromatic rings. The molecule has 4 aromatic carbocycles. The lowest BCUT2D eigenvalue weighted by atomic mass is 9.82. The van der Waals surface area contributed by atoms with Gasteiger partial charge in [0.1, 0.15) is 0 Å². The second-order valence-electron chi connectivity index (χ2n) is 7.94. The van der Waals surface area contributed by atoms with Crippen LogP contribution >= 0.6 is 0 Å². The topological polar surface area (TPSA) is 85.9 Å². The molecule has 0 saturated carbocycles. The van der Waals surface area contributed by atoms with Crippen molar-refractivity contribution in [2.45, 2.75) is 0 Å². The Labute approximate surface area is 189 Å². The Morgan fingerprint density at radius 1 is 0.697 bits per heavy atom. The van der Waals surface area contributed by atoms with Crippen molar-refractivity contribution in [2.75, 3.05) is 5.73 Å². The number of fused-ring (bicyclic) bond motifs is 2. The summed E-state index contributed by atoms with van der Waals surface area (Å²) in [5, 5.41) is 0.596. The quantitative estimate of drug-likeness (QED) is 0.305. The van der Waals surface area contributed by atoms with E-state index in [9.17, 15) is 9.59 Å². The van der Waals surface area contributed by atoms with Crippen LogP contribution in [0.25, 0.3) is 33.5 Å². The van der Waals surface area contributed by atoms with E-state index in [1.54, 1.807) is 42.5 Å². The van der Waals surface area contributed by atoms with E-state index in [4.69, 9.17) is 15.7 Å². The summed E-state index contributed by atoms with van der Waals surface area (Å²) in [5.41, 5.74) is 10.8. The zero-order chi connectivity index (χ0) is 22.5. The maximum absolute atomic E-state index is 13.7. The van der Waals surface area contributed by atoms with E-state index >= 15 is 0 Å². The number of carbonyl (C=O) groups is 2. The Balaban J connectivity index is 1.69. The van der Waals surface area contributed by atoms with Crippen molar-refractivity contribution >= 4 is 28.2 Å². The summed E-state index contributed by atoms with van der Waals surface area (Å²) in [5.74, 6) is 0.0630. The van der Waals surface area contributed by atoms with E-state index in [2.05, 4.69) is 0 Å². The number of anilines is 1. The number of nitrogens with two attached hydrogens (primary N) is 1. The third kappa shape index (κ3) is 2.87. The summed E-state index contributed by atoms with van der Waals surface area (Å²) in [4.78, 5) is 36.8. The van der Waals surface area contributed by atoms with E-state index in [-0.39, 0.29) is 11.6 Å². The van der Waals surface area contributed by atoms with Gasteiger partial charge in [0.05, 0.1) is 11.2 Å². The minimum Gasteiger partial charge on any atom is -0.398 e. The first-order valence-corrected chi connectivity index (χ1v) is 10.6. The molecule has 0 spiro atoms. The van der Waals surface area contributed by atoms with Crippen molar-refractivity contribution in [3.05, 3.63) is 113 Å². The van der Waals surface area contributed by atoms with Crippen molar-refractivity contribution in [3.8, 4) is 22.6 Å². The molecule has 1 aromatic heterocycles. The van der Waals surface area contributed by atoms with Gasteiger partial charge in [0.25, 0.3) is 0 Å². The Morgan fingerprint density at radius 3 is 2.18 bits per heavy atom. The van der Waals surface area contributed by atoms with Crippen LogP contribution in [0.15, 0.2) is 91.0 Å². The minimum atomic E-state index is -0.296. The molecule has 0 bridgehead atoms. The van der Waals surface area contributed by atoms with Crippen LogP contribution in [0.2, 0.25) is 0 Å². The number of aromatic nitrogens is 2. The zero-order valence-corrected chi connectivity index (χ0v) is 17.4. The third-order valence-corrected chi connectivity index (χ3v) is 6.00. The number of benzene rings is 4. The number of hydrogen-bond acceptors (Lipinski definition) is 5. The first-order valence-electron chi connectivity index (χ1n) is 10.6. The molecule has 0 atom stereocenters. The predicted octanol–water partition coefficient (Wildman–Crippen LogP) is 5.32. The summed E-state index contributed by atoms with van der Waals surface area (Å²) in [6.45, 7) is 0. The number of ketones is 2. The highest BCUT2D eigenvalue weighted by Gasteiger charge is 2.32. The zero-order valence-electron chi connectivity index (χ0n) is 17.4. The number of hydrogen-bond donors (Lipinski definition) is 1. The maximum atomic E-state index is 13.7. The Morgan fingerprint density at radius 2 is 1.39 bits per heavy atom. The normalized spacial score (nSPS) is 11.9. The minimum absolute atomic E-state index is 0.211. The highest BCUT2D eigenvalue weighted by Crippen LogP contribution is 2.40. The molecule has 6 rings (SSSR count). The molecule has 1 aliphatic rings. The Kier molecular flexibility index (Phi) is 4.17. The van der Waals surface area contributed by atoms with Gasteiger partial charge in [-0.1, -0.05) is 66.7 Å². The van der Waals surface area contributed by atoms with E-state index in [0.29, 0.717) is 50.4 Å². The lowest BCUT2D eigenvalue weighted by Crippen LogP contribution is -2.18. The molecule has 0 fully saturated rings. The van der Waals surface area contributed by atoms with Gasteiger partial charge in [-0.3, -0.25) is 9.59 Å². The van der Waals surface area contributed by atoms with Gasteiger partial charge in [-0.2, -0.15) is 0 Å². The first kappa shape index (κ1) is 19.1. The molecule has 5 heteroatoms. The molecule has 0 radical (unpaired) electrons. The van der Waals surface area contributed by atoms with Crippen LogP contribution in [-0.4, -0.2) is 21.5 Å². The fraction of sp³-hybridized carbons (Fsp3) is 0. The van der Waals surface area contributed by atoms with Crippen molar-refractivity contribution in [1.82, 2.24) is 9.97 Å². The van der Waals surface area contributed by atoms with Gasteiger partial charge < -0.3 is 5.73 Å². The monoisotopic (exact) mass is 427 g/mol. The van der Waals surface area contributed by atoms with Gasteiger partial charge in [-0.05, 0) is 24.3 Å². The number of rotatable bonds is 3. The molecule has 0 aliphatic heterocycles. The van der Waals surface area contributed by atoms with Crippen LogP contribution < -0.4 is 5.73 Å². The molecule has 156 valence electrons. The summed E-state index contributed by atoms with van der Waals surface area (Å²) >= 11 is 0. The Bertz CT molecular complexity index is 1610. The molecule has 2 N–H and O–H groups in total. The van der Waals surface area contributed by atoms with Gasteiger partial charge >= 0.3 is 0 Å². The second-order valence-corrected chi connectivity index (χ2v) is 7.94. The van der Waals surface area contributed by atoms with Crippen LogP contribution in [-0.2, 0) is 0 Å². The molecule has 0 unspecified atom stereocenters. The second kappa shape index (κ2) is 7.21. The van der Waals surface area contributed by atoms with Crippen molar-refractivity contribution in [3.63, 3.8) is 0 Å². The molecular weight excluding hydrogens is 410 g/mol. The van der Waals surface area contributed by atoms with Crippen molar-refractivity contribution in [2.24, 2.45) is 0 Å². The van der Waals surface area contributed by atoms with Gasteiger partial charge in [0.15, 0.2) is 17.4 Å². The van der Waals surface area contributed by atoms with E-state index in [0.717, 1.165) is 11.1 Å². The number of nitrogen functional groups attached to an aromatic ring is 1. The molecule has 1 aliphatic carbocycles. The van der Waals surface area contributed by atoms with Gasteiger partial charge in [-0.25, -0.2) is 9.97 Å². The molecule has 5 nitrogen and oxygen atoms in total. The highest BCUT2D eigenvalue weighted by molar-refractivity contribution is 6.30. The van der Waals surface area contributed by atoms with E-state index < -0.39 is 0 Å². The van der Waals surface area contributed by atoms with Gasteiger partial charge in [0.2, 0.25) is 0 Å². The van der Waals surface area contributed by atoms with E-state index in [1.807, 2.05) is 48.5 Å². The number of nitrogens with zero attached hydrogens (tertiary/aromatic N) is 2. The Hall–Kier alpha value is -4.64. The standard InChI is InChI=1S/C28H17N3O2/c29-21-13-7-6-12-19(21)26(32)20-14-15-22-24-23(20)27(33)18-11-5-4-10-17(18)25(24)31-28(30-22)16-8-2-1-3-9-16/h1-15H,29H2. The summed E-state index contributed by atoms with van der Waals surface area (Å²) in [6.07, 6.45) is 0. The predicted molar refractivity (Wildman–Crippen MR) is 128 cm³/mol. The number of carbonyl (C=O) groups excluding carboxylic acids is 2. The first-order chi connectivity index (χ1) is 16.1. The van der Waals surface area contributed by atoms with Gasteiger partial charge in [0, 0.05) is 44.5 Å². The lowest BCUT2D eigenvalue weighted by Gasteiger charge is -2.21. The van der Waals surface area contributed by atoms with Crippen molar-refractivity contribution in [1.29, 1.82) is 0 Å². The summed E-state index contributed by atoms with van der Waals surface area (Å²) in [6, 6.07) is 27.4. The van der Waals surface area contributed by atoms with E-state index in [1.165, 1.54) is 0 Å². The lowest BCUT2D eigenvalue weighted by molar-refractivity contribution is 0.100. The smallest absolute Gasteiger partial charge is 0.195 e. The van der Waals surface area contributed by atoms with Crippen LogP contribution in [0.4, 0.5) is 5.69 Å². The van der Waals surface area contributed by atoms with Crippen LogP contribution in [0, 0.1) is 0 Å². The average Bonchev–Trinajstić information content (AvgIpc) is 2.87. The fourth-order valence-corrected chi connectivity index (χ4v) is 4.43. The third-order valence-electron chi connectivity index (χ3n) is 6.00. The molecule has 1 heterocycles. The number of para-hydroxylation sites is 1. The summed E-state index contributed by atoms with van der Waals surface area (Å²) < 4.78 is 0. The van der Waals surface area contributed by atoms with Gasteiger partial charge in [-0.15, -0.1) is 0 Å². The van der Waals surface area contributed by atoms with Crippen LogP contribution in [0.3, 0.4) is 0 Å². The summed E-state index contributed by atoms with van der Waals surface area (Å²) in [7, 11) is 0.